The van der Waals surface area contributed by atoms with Crippen molar-refractivity contribution in [2.24, 2.45) is 7.05 Å². The molecule has 0 aliphatic carbocycles. The van der Waals surface area contributed by atoms with Gasteiger partial charge in [-0.1, -0.05) is 6.07 Å². The highest BCUT2D eigenvalue weighted by Crippen LogP contribution is 2.38. The third-order valence-corrected chi connectivity index (χ3v) is 4.37. The average molecular weight is 316 g/mol. The number of pyridine rings is 1. The lowest BCUT2D eigenvalue weighted by atomic mass is 10.0. The summed E-state index contributed by atoms with van der Waals surface area (Å²) in [5, 5.41) is 4.17. The summed E-state index contributed by atoms with van der Waals surface area (Å²) in [6.07, 6.45) is 3.88. The first-order valence-electron chi connectivity index (χ1n) is 7.30. The van der Waals surface area contributed by atoms with Gasteiger partial charge in [-0.15, -0.1) is 0 Å². The molecule has 0 aromatic carbocycles. The van der Waals surface area contributed by atoms with E-state index in [1.165, 1.54) is 5.69 Å². The van der Waals surface area contributed by atoms with Crippen molar-refractivity contribution in [3.05, 3.63) is 54.1 Å². The molecule has 3 heterocycles. The van der Waals surface area contributed by atoms with Gasteiger partial charge in [0.2, 0.25) is 0 Å². The summed E-state index contributed by atoms with van der Waals surface area (Å²) in [6.45, 7) is 1.39. The predicted molar refractivity (Wildman–Crippen MR) is 89.4 cm³/mol. The van der Waals surface area contributed by atoms with Gasteiger partial charge in [0.15, 0.2) is 5.11 Å². The molecule has 0 spiro atoms. The molecule has 1 aliphatic rings. The van der Waals surface area contributed by atoms with Gasteiger partial charge in [0.25, 0.3) is 0 Å². The van der Waals surface area contributed by atoms with E-state index in [0.29, 0.717) is 6.61 Å². The average Bonchev–Trinajstić information content (AvgIpc) is 3.09. The van der Waals surface area contributed by atoms with Crippen LogP contribution in [-0.2, 0) is 11.8 Å². The third-order valence-electron chi connectivity index (χ3n) is 4.02. The molecule has 0 unspecified atom stereocenters. The van der Waals surface area contributed by atoms with E-state index >= 15 is 0 Å². The number of ether oxygens (including phenoxy) is 1. The molecule has 2 aromatic rings. The zero-order valence-corrected chi connectivity index (χ0v) is 13.6. The van der Waals surface area contributed by atoms with Crippen LogP contribution in [0, 0.1) is 0 Å². The minimum absolute atomic E-state index is 0.0409. The number of aryl methyl sites for hydroxylation is 1. The van der Waals surface area contributed by atoms with Crippen LogP contribution in [0.5, 0.6) is 0 Å². The first-order chi connectivity index (χ1) is 10.7. The van der Waals surface area contributed by atoms with Crippen molar-refractivity contribution in [2.45, 2.75) is 12.1 Å². The standard InChI is InChI=1S/C16H20N4OS/c1-19-9-5-7-13(19)15-14(12-6-3-4-8-17-12)18-16(22)20(15)10-11-21-2/h3-9,14-15H,10-11H2,1-2H3,(H,18,22)/t14-,15-/m1/s1. The highest BCUT2D eigenvalue weighted by Gasteiger charge is 2.40. The Hall–Kier alpha value is -1.92. The van der Waals surface area contributed by atoms with Gasteiger partial charge >= 0.3 is 0 Å². The summed E-state index contributed by atoms with van der Waals surface area (Å²) in [7, 11) is 3.76. The normalized spacial score (nSPS) is 21.2. The van der Waals surface area contributed by atoms with Crippen LogP contribution >= 0.6 is 12.2 Å². The number of nitrogens with zero attached hydrogens (tertiary/aromatic N) is 3. The molecule has 1 N–H and O–H groups in total. The number of hydrogen-bond donors (Lipinski definition) is 1. The van der Waals surface area contributed by atoms with E-state index in [1.807, 2.05) is 24.4 Å². The molecule has 1 saturated heterocycles. The third kappa shape index (κ3) is 2.71. The maximum absolute atomic E-state index is 5.55. The fourth-order valence-corrected chi connectivity index (χ4v) is 3.27. The van der Waals surface area contributed by atoms with E-state index in [-0.39, 0.29) is 12.1 Å². The molecule has 3 rings (SSSR count). The second kappa shape index (κ2) is 6.46. The van der Waals surface area contributed by atoms with Crippen molar-refractivity contribution in [3.63, 3.8) is 0 Å². The Kier molecular flexibility index (Phi) is 4.40. The van der Waals surface area contributed by atoms with Gasteiger partial charge in [-0.2, -0.15) is 0 Å². The molecule has 2 atom stereocenters. The Balaban J connectivity index is 1.99. The first-order valence-corrected chi connectivity index (χ1v) is 7.71. The first kappa shape index (κ1) is 15.0. The van der Waals surface area contributed by atoms with Crippen molar-refractivity contribution in [3.8, 4) is 0 Å². The lowest BCUT2D eigenvalue weighted by Crippen LogP contribution is -2.33. The molecule has 22 heavy (non-hydrogen) atoms. The summed E-state index contributed by atoms with van der Waals surface area (Å²) in [4.78, 5) is 6.70. The summed E-state index contributed by atoms with van der Waals surface area (Å²) < 4.78 is 7.37. The van der Waals surface area contributed by atoms with Gasteiger partial charge in [-0.05, 0) is 36.5 Å². The van der Waals surface area contributed by atoms with E-state index in [1.54, 1.807) is 7.11 Å². The Morgan fingerprint density at radius 3 is 2.82 bits per heavy atom. The van der Waals surface area contributed by atoms with Gasteiger partial charge in [0, 0.05) is 38.8 Å². The number of aromatic nitrogens is 2. The van der Waals surface area contributed by atoms with E-state index < -0.39 is 0 Å². The van der Waals surface area contributed by atoms with E-state index in [4.69, 9.17) is 17.0 Å². The van der Waals surface area contributed by atoms with Crippen LogP contribution in [0.2, 0.25) is 0 Å². The minimum atomic E-state index is 0.0409. The summed E-state index contributed by atoms with van der Waals surface area (Å²) >= 11 is 5.55. The van der Waals surface area contributed by atoms with Crippen molar-refractivity contribution < 1.29 is 4.74 Å². The Morgan fingerprint density at radius 2 is 2.18 bits per heavy atom. The highest BCUT2D eigenvalue weighted by molar-refractivity contribution is 7.80. The zero-order valence-electron chi connectivity index (χ0n) is 12.8. The van der Waals surface area contributed by atoms with Gasteiger partial charge in [0.05, 0.1) is 24.4 Å². The van der Waals surface area contributed by atoms with Crippen LogP contribution in [0.3, 0.4) is 0 Å². The van der Waals surface area contributed by atoms with Crippen molar-refractivity contribution >= 4 is 17.3 Å². The molecule has 0 amide bonds. The van der Waals surface area contributed by atoms with Crippen molar-refractivity contribution in [1.82, 2.24) is 19.8 Å². The zero-order chi connectivity index (χ0) is 15.5. The maximum atomic E-state index is 5.55. The minimum Gasteiger partial charge on any atom is -0.383 e. The van der Waals surface area contributed by atoms with Gasteiger partial charge in [-0.3, -0.25) is 4.98 Å². The van der Waals surface area contributed by atoms with Gasteiger partial charge < -0.3 is 19.5 Å². The number of rotatable bonds is 5. The molecule has 5 nitrogen and oxygen atoms in total. The fraction of sp³-hybridized carbons (Fsp3) is 0.375. The topological polar surface area (TPSA) is 42.3 Å². The molecular weight excluding hydrogens is 296 g/mol. The number of thiocarbonyl (C=S) groups is 1. The van der Waals surface area contributed by atoms with Gasteiger partial charge in [0.1, 0.15) is 0 Å². The number of methoxy groups -OCH3 is 1. The second-order valence-corrected chi connectivity index (χ2v) is 5.74. The monoisotopic (exact) mass is 316 g/mol. The van der Waals surface area contributed by atoms with Crippen LogP contribution in [0.1, 0.15) is 23.5 Å². The molecule has 1 aliphatic heterocycles. The van der Waals surface area contributed by atoms with Crippen LogP contribution in [0.15, 0.2) is 42.7 Å². The highest BCUT2D eigenvalue weighted by atomic mass is 32.1. The molecule has 116 valence electrons. The maximum Gasteiger partial charge on any atom is 0.170 e. The Morgan fingerprint density at radius 1 is 1.32 bits per heavy atom. The largest absolute Gasteiger partial charge is 0.383 e. The summed E-state index contributed by atoms with van der Waals surface area (Å²) in [5.41, 5.74) is 2.20. The van der Waals surface area contributed by atoms with Crippen LogP contribution in [0.25, 0.3) is 0 Å². The van der Waals surface area contributed by atoms with E-state index in [0.717, 1.165) is 17.4 Å². The quantitative estimate of drug-likeness (QED) is 0.855. The predicted octanol–water partition coefficient (Wildman–Crippen LogP) is 2.04. The fourth-order valence-electron chi connectivity index (χ4n) is 2.94. The molecule has 1 fully saturated rings. The van der Waals surface area contributed by atoms with E-state index in [9.17, 15) is 0 Å². The van der Waals surface area contributed by atoms with E-state index in [2.05, 4.69) is 45.1 Å². The van der Waals surface area contributed by atoms with Crippen molar-refractivity contribution in [2.75, 3.05) is 20.3 Å². The molecule has 2 aromatic heterocycles. The number of nitrogens with one attached hydrogen (secondary N) is 1. The molecule has 0 radical (unpaired) electrons. The summed E-state index contributed by atoms with van der Waals surface area (Å²) in [5.74, 6) is 0. The molecule has 0 bridgehead atoms. The second-order valence-electron chi connectivity index (χ2n) is 5.36. The van der Waals surface area contributed by atoms with Crippen LogP contribution in [0.4, 0.5) is 0 Å². The Labute approximate surface area is 135 Å². The molecule has 0 saturated carbocycles. The van der Waals surface area contributed by atoms with Crippen LogP contribution in [-0.4, -0.2) is 39.8 Å². The smallest absolute Gasteiger partial charge is 0.170 e. The molecule has 6 heteroatoms. The van der Waals surface area contributed by atoms with Crippen LogP contribution < -0.4 is 5.32 Å². The lowest BCUT2D eigenvalue weighted by molar-refractivity contribution is 0.162. The SMILES string of the molecule is COCCN1C(=S)N[C@H](c2ccccn2)[C@H]1c1cccn1C. The number of hydrogen-bond acceptors (Lipinski definition) is 3. The van der Waals surface area contributed by atoms with Gasteiger partial charge in [-0.25, -0.2) is 0 Å². The van der Waals surface area contributed by atoms with Crippen molar-refractivity contribution in [1.29, 1.82) is 0 Å². The Bertz CT molecular complexity index is 643. The molecular formula is C16H20N4OS. The lowest BCUT2D eigenvalue weighted by Gasteiger charge is -2.28. The summed E-state index contributed by atoms with van der Waals surface area (Å²) in [6, 6.07) is 10.3.